The van der Waals surface area contributed by atoms with Gasteiger partial charge >= 0.3 is 8.56 Å². The van der Waals surface area contributed by atoms with Gasteiger partial charge in [0.25, 0.3) is 0 Å². The predicted octanol–water partition coefficient (Wildman–Crippen LogP) is 2.10. The number of hydrogen-bond acceptors (Lipinski definition) is 2. The molecule has 0 unspecified atom stereocenters. The summed E-state index contributed by atoms with van der Waals surface area (Å²) >= 11 is 0. The molecule has 0 fully saturated rings. The fourth-order valence-corrected chi connectivity index (χ4v) is 5.12. The second kappa shape index (κ2) is 8.65. The van der Waals surface area contributed by atoms with Gasteiger partial charge in [-0.1, -0.05) is 52.4 Å². The Balaban J connectivity index is 3.67. The zero-order chi connectivity index (χ0) is 10.9. The summed E-state index contributed by atoms with van der Waals surface area (Å²) in [6.45, 7) is 4.39. The van der Waals surface area contributed by atoms with Crippen LogP contribution in [0.1, 0.15) is 52.4 Å². The zero-order valence-corrected chi connectivity index (χ0v) is 13.0. The Morgan fingerprint density at radius 2 is 1.43 bits per heavy atom. The highest BCUT2D eigenvalue weighted by Gasteiger charge is 2.29. The molecule has 2 nitrogen and oxygen atoms in total. The monoisotopic (exact) mass is 234 g/mol. The third kappa shape index (κ3) is 6.76. The van der Waals surface area contributed by atoms with Crippen molar-refractivity contribution in [2.24, 2.45) is 0 Å². The molecule has 0 rings (SSSR count). The normalized spacial score (nSPS) is 12.2. The van der Waals surface area contributed by atoms with Crippen molar-refractivity contribution in [3.63, 3.8) is 0 Å². The molecule has 0 heterocycles. The standard InChI is InChI=1S/C10H26O2Si2/c1-3-5-7-9-14(11,12-13)10-8-6-4-2/h11H,3-10H2,1-2,13H3. The number of unbranched alkanes of at least 4 members (excludes halogenated alkanes) is 4. The second-order valence-corrected chi connectivity index (χ2v) is 8.59. The smallest absolute Gasteiger partial charge is 0.324 e. The van der Waals surface area contributed by atoms with Gasteiger partial charge in [-0.05, 0) is 12.1 Å². The van der Waals surface area contributed by atoms with Gasteiger partial charge in [-0.2, -0.15) is 0 Å². The lowest BCUT2D eigenvalue weighted by Crippen LogP contribution is -2.37. The van der Waals surface area contributed by atoms with Gasteiger partial charge in [0.15, 0.2) is 0 Å². The Morgan fingerprint density at radius 1 is 1.00 bits per heavy atom. The average molecular weight is 234 g/mol. The summed E-state index contributed by atoms with van der Waals surface area (Å²) in [5.74, 6) is 0. The van der Waals surface area contributed by atoms with Gasteiger partial charge < -0.3 is 8.91 Å². The van der Waals surface area contributed by atoms with E-state index in [1.54, 1.807) is 0 Å². The lowest BCUT2D eigenvalue weighted by atomic mass is 10.3. The van der Waals surface area contributed by atoms with Crippen molar-refractivity contribution in [1.29, 1.82) is 0 Å². The summed E-state index contributed by atoms with van der Waals surface area (Å²) in [6.07, 6.45) is 7.20. The van der Waals surface area contributed by atoms with Crippen molar-refractivity contribution in [3.05, 3.63) is 0 Å². The maximum Gasteiger partial charge on any atom is 0.324 e. The topological polar surface area (TPSA) is 29.5 Å². The molecule has 4 heteroatoms. The van der Waals surface area contributed by atoms with Crippen LogP contribution in [0.2, 0.25) is 12.1 Å². The van der Waals surface area contributed by atoms with E-state index in [4.69, 9.17) is 4.12 Å². The molecule has 0 radical (unpaired) electrons. The molecule has 0 aliphatic carbocycles. The van der Waals surface area contributed by atoms with E-state index >= 15 is 0 Å². The molecule has 86 valence electrons. The van der Waals surface area contributed by atoms with Crippen LogP contribution >= 0.6 is 0 Å². The molecule has 0 spiro atoms. The van der Waals surface area contributed by atoms with Crippen LogP contribution < -0.4 is 0 Å². The minimum Gasteiger partial charge on any atom is -0.445 e. The Hall–Kier alpha value is 0.354. The Labute approximate surface area is 92.9 Å². The number of rotatable bonds is 9. The minimum atomic E-state index is -2.24. The molecule has 0 aliphatic rings. The molecule has 0 aromatic heterocycles. The van der Waals surface area contributed by atoms with Crippen molar-refractivity contribution >= 4 is 19.0 Å². The first-order valence-corrected chi connectivity index (χ1v) is 9.04. The van der Waals surface area contributed by atoms with Crippen LogP contribution in [0.4, 0.5) is 0 Å². The molecule has 0 amide bonds. The van der Waals surface area contributed by atoms with Gasteiger partial charge in [-0.25, -0.2) is 0 Å². The first-order valence-electron chi connectivity index (χ1n) is 5.96. The van der Waals surface area contributed by atoms with Gasteiger partial charge in [-0.3, -0.25) is 0 Å². The van der Waals surface area contributed by atoms with Crippen molar-refractivity contribution in [2.75, 3.05) is 0 Å². The summed E-state index contributed by atoms with van der Waals surface area (Å²) in [4.78, 5) is 10.2. The van der Waals surface area contributed by atoms with E-state index in [0.717, 1.165) is 24.9 Å². The van der Waals surface area contributed by atoms with Crippen LogP contribution in [-0.4, -0.2) is 23.8 Å². The molecule has 0 atom stereocenters. The van der Waals surface area contributed by atoms with E-state index < -0.39 is 8.56 Å². The van der Waals surface area contributed by atoms with Crippen molar-refractivity contribution < 1.29 is 8.91 Å². The molecule has 0 aliphatic heterocycles. The van der Waals surface area contributed by atoms with Gasteiger partial charge in [-0.15, -0.1) is 0 Å². The third-order valence-corrected chi connectivity index (χ3v) is 8.03. The largest absolute Gasteiger partial charge is 0.445 e. The van der Waals surface area contributed by atoms with Crippen LogP contribution in [0.3, 0.4) is 0 Å². The summed E-state index contributed by atoms with van der Waals surface area (Å²) in [5.41, 5.74) is 0. The van der Waals surface area contributed by atoms with Crippen molar-refractivity contribution in [1.82, 2.24) is 0 Å². The Kier molecular flexibility index (Phi) is 8.86. The van der Waals surface area contributed by atoms with E-state index in [1.807, 2.05) is 0 Å². The van der Waals surface area contributed by atoms with Crippen molar-refractivity contribution in [2.45, 2.75) is 64.5 Å². The zero-order valence-electron chi connectivity index (χ0n) is 10.0. The molecule has 1 N–H and O–H groups in total. The molecule has 0 aromatic carbocycles. The summed E-state index contributed by atoms with van der Waals surface area (Å²) in [7, 11) is -1.54. The van der Waals surface area contributed by atoms with Crippen LogP contribution in [0.5, 0.6) is 0 Å². The highest BCUT2D eigenvalue weighted by Crippen LogP contribution is 2.20. The molecule has 0 saturated heterocycles. The summed E-state index contributed by atoms with van der Waals surface area (Å²) in [5, 5.41) is 0. The molecule has 14 heavy (non-hydrogen) atoms. The first-order chi connectivity index (χ1) is 6.68. The van der Waals surface area contributed by atoms with Crippen LogP contribution in [0, 0.1) is 0 Å². The molecular weight excluding hydrogens is 208 g/mol. The molecule has 0 bridgehead atoms. The predicted molar refractivity (Wildman–Crippen MR) is 67.7 cm³/mol. The van der Waals surface area contributed by atoms with Crippen LogP contribution in [0.25, 0.3) is 0 Å². The van der Waals surface area contributed by atoms with E-state index in [9.17, 15) is 4.80 Å². The Morgan fingerprint density at radius 3 is 1.71 bits per heavy atom. The lowest BCUT2D eigenvalue weighted by molar-refractivity contribution is 0.378. The summed E-state index contributed by atoms with van der Waals surface area (Å²) in [6, 6.07) is 1.90. The van der Waals surface area contributed by atoms with E-state index in [1.165, 1.54) is 25.7 Å². The maximum absolute atomic E-state index is 10.2. The fraction of sp³-hybridized carbons (Fsp3) is 1.00. The van der Waals surface area contributed by atoms with Gasteiger partial charge in [0.1, 0.15) is 10.5 Å². The SMILES string of the molecule is CCCCC[Si](O)(CCCCC)O[SiH3]. The first kappa shape index (κ1) is 14.4. The lowest BCUT2D eigenvalue weighted by Gasteiger charge is -2.23. The van der Waals surface area contributed by atoms with E-state index in [-0.39, 0.29) is 0 Å². The number of hydrogen-bond donors (Lipinski definition) is 1. The van der Waals surface area contributed by atoms with Gasteiger partial charge in [0.05, 0.1) is 0 Å². The van der Waals surface area contributed by atoms with Crippen LogP contribution in [0.15, 0.2) is 0 Å². The van der Waals surface area contributed by atoms with Crippen molar-refractivity contribution in [3.8, 4) is 0 Å². The minimum absolute atomic E-state index is 0.695. The molecule has 0 saturated carbocycles. The van der Waals surface area contributed by atoms with Crippen LogP contribution in [-0.2, 0) is 4.12 Å². The van der Waals surface area contributed by atoms with Gasteiger partial charge in [0.2, 0.25) is 0 Å². The van der Waals surface area contributed by atoms with E-state index in [0.29, 0.717) is 10.5 Å². The quantitative estimate of drug-likeness (QED) is 0.489. The maximum atomic E-state index is 10.2. The molecule has 0 aromatic rings. The highest BCUT2D eigenvalue weighted by atomic mass is 28.4. The Bertz CT molecular complexity index is 121. The fourth-order valence-electron chi connectivity index (χ4n) is 1.63. The summed E-state index contributed by atoms with van der Waals surface area (Å²) < 4.78 is 5.46. The third-order valence-electron chi connectivity index (χ3n) is 2.72. The highest BCUT2D eigenvalue weighted by molar-refractivity contribution is 6.68. The second-order valence-electron chi connectivity index (χ2n) is 4.06. The molecular formula is C10H26O2Si2. The van der Waals surface area contributed by atoms with Gasteiger partial charge in [0, 0.05) is 0 Å². The average Bonchev–Trinajstić information content (AvgIpc) is 2.19. The van der Waals surface area contributed by atoms with E-state index in [2.05, 4.69) is 13.8 Å².